The Morgan fingerprint density at radius 3 is 2.46 bits per heavy atom. The van der Waals surface area contributed by atoms with Crippen molar-refractivity contribution in [3.63, 3.8) is 0 Å². The quantitative estimate of drug-likeness (QED) is 0.765. The maximum absolute atomic E-state index is 13.2. The lowest BCUT2D eigenvalue weighted by Crippen LogP contribution is -2.30. The van der Waals surface area contributed by atoms with Crippen molar-refractivity contribution in [2.24, 2.45) is 0 Å². The molecule has 0 bridgehead atoms. The zero-order chi connectivity index (χ0) is 16.9. The molecule has 3 aromatic rings. The predicted octanol–water partition coefficient (Wildman–Crippen LogP) is 4.39. The van der Waals surface area contributed by atoms with Crippen LogP contribution >= 0.6 is 11.6 Å². The Labute approximate surface area is 144 Å². The first-order valence-electron chi connectivity index (χ1n) is 7.37. The van der Waals surface area contributed by atoms with Gasteiger partial charge in [-0.15, -0.1) is 0 Å². The van der Waals surface area contributed by atoms with Crippen molar-refractivity contribution in [3.05, 3.63) is 101 Å². The number of hydrogen-bond donors (Lipinski definition) is 1. The van der Waals surface area contributed by atoms with E-state index in [1.54, 1.807) is 6.20 Å². The van der Waals surface area contributed by atoms with E-state index in [2.05, 4.69) is 10.3 Å². The van der Waals surface area contributed by atoms with E-state index in [-0.39, 0.29) is 16.5 Å². The summed E-state index contributed by atoms with van der Waals surface area (Å²) in [6, 6.07) is 18.3. The predicted molar refractivity (Wildman–Crippen MR) is 91.4 cm³/mol. The van der Waals surface area contributed by atoms with Gasteiger partial charge in [0.1, 0.15) is 5.82 Å². The van der Waals surface area contributed by atoms with Crippen LogP contribution in [-0.4, -0.2) is 10.9 Å². The molecule has 120 valence electrons. The molecule has 0 aliphatic rings. The molecule has 3 rings (SSSR count). The van der Waals surface area contributed by atoms with Gasteiger partial charge in [0.2, 0.25) is 0 Å². The molecule has 5 heteroatoms. The first kappa shape index (κ1) is 16.1. The number of hydrogen-bond acceptors (Lipinski definition) is 2. The lowest BCUT2D eigenvalue weighted by Gasteiger charge is -2.19. The van der Waals surface area contributed by atoms with Gasteiger partial charge in [-0.2, -0.15) is 0 Å². The number of halogens is 2. The molecule has 1 unspecified atom stereocenters. The molecule has 1 N–H and O–H groups in total. The summed E-state index contributed by atoms with van der Waals surface area (Å²) >= 11 is 5.98. The zero-order valence-electron chi connectivity index (χ0n) is 12.6. The fourth-order valence-corrected chi connectivity index (χ4v) is 2.66. The lowest BCUT2D eigenvalue weighted by atomic mass is 10.0. The van der Waals surface area contributed by atoms with Gasteiger partial charge in [-0.25, -0.2) is 4.39 Å². The van der Waals surface area contributed by atoms with Crippen LogP contribution < -0.4 is 5.32 Å². The van der Waals surface area contributed by atoms with Gasteiger partial charge in [0.25, 0.3) is 5.91 Å². The van der Waals surface area contributed by atoms with Crippen LogP contribution in [0.4, 0.5) is 4.39 Å². The largest absolute Gasteiger partial charge is 0.339 e. The summed E-state index contributed by atoms with van der Waals surface area (Å²) in [6.07, 6.45) is 1.67. The number of aromatic nitrogens is 1. The van der Waals surface area contributed by atoms with Crippen LogP contribution in [0.1, 0.15) is 27.7 Å². The Morgan fingerprint density at radius 1 is 1.04 bits per heavy atom. The van der Waals surface area contributed by atoms with E-state index in [0.29, 0.717) is 5.69 Å². The summed E-state index contributed by atoms with van der Waals surface area (Å²) in [5, 5.41) is 2.99. The van der Waals surface area contributed by atoms with E-state index in [1.807, 2.05) is 48.5 Å². The highest BCUT2D eigenvalue weighted by atomic mass is 35.5. The second-order valence-corrected chi connectivity index (χ2v) is 5.60. The molecule has 0 saturated carbocycles. The summed E-state index contributed by atoms with van der Waals surface area (Å²) in [4.78, 5) is 16.9. The van der Waals surface area contributed by atoms with Gasteiger partial charge in [-0.3, -0.25) is 9.78 Å². The van der Waals surface area contributed by atoms with Crippen molar-refractivity contribution in [1.29, 1.82) is 0 Å². The topological polar surface area (TPSA) is 42.0 Å². The van der Waals surface area contributed by atoms with Gasteiger partial charge in [-0.1, -0.05) is 48.0 Å². The number of benzene rings is 2. The van der Waals surface area contributed by atoms with Gasteiger partial charge in [0, 0.05) is 6.20 Å². The number of amides is 1. The highest BCUT2D eigenvalue weighted by Crippen LogP contribution is 2.23. The van der Waals surface area contributed by atoms with Gasteiger partial charge in [0.05, 0.1) is 22.3 Å². The van der Waals surface area contributed by atoms with Crippen molar-refractivity contribution in [2.75, 3.05) is 0 Å². The van der Waals surface area contributed by atoms with E-state index < -0.39 is 11.9 Å². The van der Waals surface area contributed by atoms with Gasteiger partial charge in [0.15, 0.2) is 0 Å². The molecule has 24 heavy (non-hydrogen) atoms. The first-order chi connectivity index (χ1) is 11.6. The minimum Gasteiger partial charge on any atom is -0.339 e. The summed E-state index contributed by atoms with van der Waals surface area (Å²) in [7, 11) is 0. The smallest absolute Gasteiger partial charge is 0.253 e. The molecule has 0 fully saturated rings. The van der Waals surface area contributed by atoms with Crippen molar-refractivity contribution in [2.45, 2.75) is 6.04 Å². The Morgan fingerprint density at radius 2 is 1.79 bits per heavy atom. The normalized spacial score (nSPS) is 11.8. The summed E-state index contributed by atoms with van der Waals surface area (Å²) in [5.41, 5.74) is 1.81. The van der Waals surface area contributed by atoms with Crippen LogP contribution in [0.5, 0.6) is 0 Å². The highest BCUT2D eigenvalue weighted by Gasteiger charge is 2.20. The van der Waals surface area contributed by atoms with E-state index in [4.69, 9.17) is 11.6 Å². The van der Waals surface area contributed by atoms with E-state index in [0.717, 1.165) is 11.6 Å². The summed E-state index contributed by atoms with van der Waals surface area (Å²) in [5.74, 6) is -0.875. The van der Waals surface area contributed by atoms with Gasteiger partial charge < -0.3 is 5.32 Å². The van der Waals surface area contributed by atoms with Crippen molar-refractivity contribution >= 4 is 17.5 Å². The Bertz CT molecular complexity index is 801. The zero-order valence-corrected chi connectivity index (χ0v) is 13.4. The SMILES string of the molecule is O=C(NC(c1ccccc1)c1ccccn1)c1ccc(F)cc1Cl. The average molecular weight is 341 g/mol. The number of pyridine rings is 1. The maximum atomic E-state index is 13.2. The highest BCUT2D eigenvalue weighted by molar-refractivity contribution is 6.33. The van der Waals surface area contributed by atoms with Gasteiger partial charge in [-0.05, 0) is 35.9 Å². The Balaban J connectivity index is 1.94. The van der Waals surface area contributed by atoms with Crippen molar-refractivity contribution in [1.82, 2.24) is 10.3 Å². The molecule has 0 radical (unpaired) electrons. The van der Waals surface area contributed by atoms with Crippen LogP contribution in [0.2, 0.25) is 5.02 Å². The molecule has 2 aromatic carbocycles. The molecule has 1 aromatic heterocycles. The fourth-order valence-electron chi connectivity index (χ4n) is 2.40. The summed E-state index contributed by atoms with van der Waals surface area (Å²) in [6.45, 7) is 0. The third-order valence-corrected chi connectivity index (χ3v) is 3.88. The third kappa shape index (κ3) is 3.60. The standard InChI is InChI=1S/C19H14ClFN2O/c20-16-12-14(21)9-10-15(16)19(24)23-18(13-6-2-1-3-7-13)17-8-4-5-11-22-17/h1-12,18H,(H,23,24). The molecule has 0 aliphatic heterocycles. The molecule has 0 spiro atoms. The van der Waals surface area contributed by atoms with Crippen molar-refractivity contribution in [3.8, 4) is 0 Å². The molecule has 0 aliphatic carbocycles. The summed E-state index contributed by atoms with van der Waals surface area (Å²) < 4.78 is 13.2. The fraction of sp³-hybridized carbons (Fsp3) is 0.0526. The van der Waals surface area contributed by atoms with Crippen molar-refractivity contribution < 1.29 is 9.18 Å². The number of nitrogens with zero attached hydrogens (tertiary/aromatic N) is 1. The maximum Gasteiger partial charge on any atom is 0.253 e. The van der Waals surface area contributed by atoms with E-state index in [9.17, 15) is 9.18 Å². The van der Waals surface area contributed by atoms with Crippen LogP contribution in [-0.2, 0) is 0 Å². The van der Waals surface area contributed by atoms with E-state index >= 15 is 0 Å². The lowest BCUT2D eigenvalue weighted by molar-refractivity contribution is 0.0942. The molecular formula is C19H14ClFN2O. The molecule has 3 nitrogen and oxygen atoms in total. The monoisotopic (exact) mass is 340 g/mol. The molecular weight excluding hydrogens is 327 g/mol. The minimum atomic E-state index is -0.485. The second kappa shape index (κ2) is 7.23. The van der Waals surface area contributed by atoms with Gasteiger partial charge >= 0.3 is 0 Å². The molecule has 0 saturated heterocycles. The van der Waals surface area contributed by atoms with Crippen LogP contribution in [0.25, 0.3) is 0 Å². The number of nitrogens with one attached hydrogen (secondary N) is 1. The van der Waals surface area contributed by atoms with Crippen LogP contribution in [0, 0.1) is 5.82 Å². The third-order valence-electron chi connectivity index (χ3n) is 3.57. The van der Waals surface area contributed by atoms with Crippen LogP contribution in [0.15, 0.2) is 72.9 Å². The molecule has 1 atom stereocenters. The molecule has 1 heterocycles. The second-order valence-electron chi connectivity index (χ2n) is 5.20. The van der Waals surface area contributed by atoms with E-state index in [1.165, 1.54) is 12.1 Å². The number of carbonyl (C=O) groups is 1. The number of carbonyl (C=O) groups excluding carboxylic acids is 1. The Kier molecular flexibility index (Phi) is 4.87. The number of rotatable bonds is 4. The minimum absolute atomic E-state index is 0.0698. The van der Waals surface area contributed by atoms with Crippen LogP contribution in [0.3, 0.4) is 0 Å². The Hall–Kier alpha value is -2.72. The molecule has 1 amide bonds. The first-order valence-corrected chi connectivity index (χ1v) is 7.75. The average Bonchev–Trinajstić information content (AvgIpc) is 2.61.